The molecule has 4 nitrogen and oxygen atoms in total. The van der Waals surface area contributed by atoms with Crippen molar-refractivity contribution in [2.24, 2.45) is 0 Å². The molecule has 2 N–H and O–H groups in total. The summed E-state index contributed by atoms with van der Waals surface area (Å²) < 4.78 is 42.7. The smallest absolute Gasteiger partial charge is 0.424 e. The predicted octanol–water partition coefficient (Wildman–Crippen LogP) is 3.18. The van der Waals surface area contributed by atoms with Gasteiger partial charge in [-0.2, -0.15) is 18.2 Å². The number of benzene rings is 1. The summed E-state index contributed by atoms with van der Waals surface area (Å²) in [6, 6.07) is 5.28. The third-order valence-corrected chi connectivity index (χ3v) is 2.45. The normalized spacial score (nSPS) is 11.4. The highest BCUT2D eigenvalue weighted by Gasteiger charge is 2.33. The number of halogens is 3. The zero-order chi connectivity index (χ0) is 14.0. The zero-order valence-corrected chi connectivity index (χ0v) is 9.90. The lowest BCUT2D eigenvalue weighted by Crippen LogP contribution is -2.09. The third kappa shape index (κ3) is 2.93. The molecule has 0 saturated heterocycles. The molecule has 0 bridgehead atoms. The molecule has 1 heterocycles. The standard InChI is InChI=1S/C12H10F3N3O/c1-7-8(16)3-2-4-9(7)19-11-17-6-5-10(18-11)12(13,14)15/h2-6H,16H2,1H3. The van der Waals surface area contributed by atoms with Gasteiger partial charge in [-0.3, -0.25) is 0 Å². The Hall–Kier alpha value is -2.31. The molecule has 0 aliphatic rings. The second-order valence-electron chi connectivity index (χ2n) is 3.79. The monoisotopic (exact) mass is 269 g/mol. The van der Waals surface area contributed by atoms with Crippen LogP contribution in [0.3, 0.4) is 0 Å². The van der Waals surface area contributed by atoms with E-state index in [0.29, 0.717) is 17.0 Å². The molecule has 100 valence electrons. The van der Waals surface area contributed by atoms with Crippen molar-refractivity contribution in [3.8, 4) is 11.8 Å². The fraction of sp³-hybridized carbons (Fsp3) is 0.167. The lowest BCUT2D eigenvalue weighted by Gasteiger charge is -2.10. The van der Waals surface area contributed by atoms with Crippen LogP contribution in [0.2, 0.25) is 0 Å². The number of nitrogens with two attached hydrogens (primary N) is 1. The van der Waals surface area contributed by atoms with Gasteiger partial charge in [0.05, 0.1) is 0 Å². The second-order valence-corrected chi connectivity index (χ2v) is 3.79. The van der Waals surface area contributed by atoms with E-state index in [1.807, 2.05) is 0 Å². The number of ether oxygens (including phenoxy) is 1. The van der Waals surface area contributed by atoms with Crippen LogP contribution >= 0.6 is 0 Å². The van der Waals surface area contributed by atoms with Gasteiger partial charge < -0.3 is 10.5 Å². The molecule has 7 heteroatoms. The van der Waals surface area contributed by atoms with Crippen LogP contribution in [-0.4, -0.2) is 9.97 Å². The van der Waals surface area contributed by atoms with E-state index in [4.69, 9.17) is 10.5 Å². The molecule has 0 atom stereocenters. The Bertz CT molecular complexity index is 599. The largest absolute Gasteiger partial charge is 0.433 e. The van der Waals surface area contributed by atoms with Crippen LogP contribution in [0.15, 0.2) is 30.5 Å². The van der Waals surface area contributed by atoms with Crippen molar-refractivity contribution in [1.29, 1.82) is 0 Å². The maximum Gasteiger partial charge on any atom is 0.433 e. The molecule has 0 saturated carbocycles. The van der Waals surface area contributed by atoms with Crippen LogP contribution in [-0.2, 0) is 6.18 Å². The summed E-state index contributed by atoms with van der Waals surface area (Å²) >= 11 is 0. The minimum atomic E-state index is -4.54. The number of hydrogen-bond acceptors (Lipinski definition) is 4. The Labute approximate surface area is 107 Å². The van der Waals surface area contributed by atoms with E-state index in [2.05, 4.69) is 9.97 Å². The lowest BCUT2D eigenvalue weighted by atomic mass is 10.2. The summed E-state index contributed by atoms with van der Waals surface area (Å²) in [4.78, 5) is 6.96. The molecule has 0 unspecified atom stereocenters. The molecule has 2 aromatic rings. The summed E-state index contributed by atoms with van der Waals surface area (Å²) in [7, 11) is 0. The fourth-order valence-electron chi connectivity index (χ4n) is 1.39. The quantitative estimate of drug-likeness (QED) is 0.850. The van der Waals surface area contributed by atoms with Gasteiger partial charge in [0.25, 0.3) is 0 Å². The van der Waals surface area contributed by atoms with E-state index in [-0.39, 0.29) is 6.01 Å². The van der Waals surface area contributed by atoms with E-state index < -0.39 is 11.9 Å². The van der Waals surface area contributed by atoms with E-state index in [0.717, 1.165) is 12.3 Å². The maximum absolute atomic E-state index is 12.5. The predicted molar refractivity (Wildman–Crippen MR) is 62.7 cm³/mol. The van der Waals surface area contributed by atoms with Gasteiger partial charge in [-0.15, -0.1) is 0 Å². The van der Waals surface area contributed by atoms with Crippen LogP contribution < -0.4 is 10.5 Å². The Morgan fingerprint density at radius 3 is 2.63 bits per heavy atom. The van der Waals surface area contributed by atoms with Crippen molar-refractivity contribution in [2.75, 3.05) is 5.73 Å². The SMILES string of the molecule is Cc1c(N)cccc1Oc1nccc(C(F)(F)F)n1. The lowest BCUT2D eigenvalue weighted by molar-refractivity contribution is -0.141. The van der Waals surface area contributed by atoms with E-state index >= 15 is 0 Å². The topological polar surface area (TPSA) is 61.0 Å². The number of rotatable bonds is 2. The van der Waals surface area contributed by atoms with Crippen LogP contribution in [0.5, 0.6) is 11.8 Å². The van der Waals surface area contributed by atoms with E-state index in [1.165, 1.54) is 0 Å². The number of nitrogen functional groups attached to an aromatic ring is 1. The number of anilines is 1. The summed E-state index contributed by atoms with van der Waals surface area (Å²) in [6.07, 6.45) is -3.54. The molecular formula is C12H10F3N3O. The van der Waals surface area contributed by atoms with Crippen LogP contribution in [0.25, 0.3) is 0 Å². The first kappa shape index (κ1) is 13.1. The number of nitrogens with zero attached hydrogens (tertiary/aromatic N) is 2. The molecule has 0 radical (unpaired) electrons. The summed E-state index contributed by atoms with van der Waals surface area (Å²) in [5.74, 6) is 0.319. The summed E-state index contributed by atoms with van der Waals surface area (Å²) in [5.41, 5.74) is 5.71. The Morgan fingerprint density at radius 2 is 1.95 bits per heavy atom. The van der Waals surface area contributed by atoms with Crippen molar-refractivity contribution in [2.45, 2.75) is 13.1 Å². The summed E-state index contributed by atoms with van der Waals surface area (Å²) in [6.45, 7) is 1.69. The van der Waals surface area contributed by atoms with Crippen molar-refractivity contribution in [1.82, 2.24) is 9.97 Å². The maximum atomic E-state index is 12.5. The first-order valence-electron chi connectivity index (χ1n) is 5.31. The van der Waals surface area contributed by atoms with Crippen LogP contribution in [0, 0.1) is 6.92 Å². The number of aromatic nitrogens is 2. The van der Waals surface area contributed by atoms with Gasteiger partial charge >= 0.3 is 12.2 Å². The fourth-order valence-corrected chi connectivity index (χ4v) is 1.39. The molecule has 1 aromatic carbocycles. The average Bonchev–Trinajstić information content (AvgIpc) is 2.34. The Balaban J connectivity index is 2.31. The molecule has 0 aliphatic heterocycles. The minimum Gasteiger partial charge on any atom is -0.424 e. The zero-order valence-electron chi connectivity index (χ0n) is 9.90. The van der Waals surface area contributed by atoms with Gasteiger partial charge in [0, 0.05) is 17.4 Å². The Kier molecular flexibility index (Phi) is 3.28. The molecule has 19 heavy (non-hydrogen) atoms. The first-order chi connectivity index (χ1) is 8.88. The highest BCUT2D eigenvalue weighted by molar-refractivity contribution is 5.53. The molecule has 0 amide bonds. The minimum absolute atomic E-state index is 0.319. The Morgan fingerprint density at radius 1 is 1.21 bits per heavy atom. The van der Waals surface area contributed by atoms with Gasteiger partial charge in [0.1, 0.15) is 5.75 Å². The first-order valence-corrected chi connectivity index (χ1v) is 5.31. The molecule has 0 fully saturated rings. The second kappa shape index (κ2) is 4.75. The van der Waals surface area contributed by atoms with Crippen molar-refractivity contribution >= 4 is 5.69 Å². The highest BCUT2D eigenvalue weighted by atomic mass is 19.4. The molecule has 2 rings (SSSR count). The van der Waals surface area contributed by atoms with Crippen LogP contribution in [0.4, 0.5) is 18.9 Å². The van der Waals surface area contributed by atoms with Crippen molar-refractivity contribution in [3.63, 3.8) is 0 Å². The van der Waals surface area contributed by atoms with Crippen LogP contribution in [0.1, 0.15) is 11.3 Å². The third-order valence-electron chi connectivity index (χ3n) is 2.45. The van der Waals surface area contributed by atoms with Crippen molar-refractivity contribution < 1.29 is 17.9 Å². The van der Waals surface area contributed by atoms with E-state index in [1.54, 1.807) is 25.1 Å². The highest BCUT2D eigenvalue weighted by Crippen LogP contribution is 2.30. The van der Waals surface area contributed by atoms with Gasteiger partial charge in [0.15, 0.2) is 5.69 Å². The van der Waals surface area contributed by atoms with Gasteiger partial charge in [-0.05, 0) is 25.1 Å². The van der Waals surface area contributed by atoms with E-state index in [9.17, 15) is 13.2 Å². The average molecular weight is 269 g/mol. The molecular weight excluding hydrogens is 259 g/mol. The molecule has 0 spiro atoms. The van der Waals surface area contributed by atoms with Crippen molar-refractivity contribution in [3.05, 3.63) is 41.7 Å². The number of hydrogen-bond donors (Lipinski definition) is 1. The summed E-state index contributed by atoms with van der Waals surface area (Å²) in [5, 5.41) is 0. The van der Waals surface area contributed by atoms with Gasteiger partial charge in [-0.1, -0.05) is 6.07 Å². The number of alkyl halides is 3. The van der Waals surface area contributed by atoms with Gasteiger partial charge in [-0.25, -0.2) is 4.98 Å². The molecule has 0 aliphatic carbocycles. The van der Waals surface area contributed by atoms with Gasteiger partial charge in [0.2, 0.25) is 0 Å². The molecule has 1 aromatic heterocycles.